The van der Waals surface area contributed by atoms with Crippen LogP contribution >= 0.6 is 0 Å². The molecule has 4 nitrogen and oxygen atoms in total. The first-order valence-corrected chi connectivity index (χ1v) is 6.28. The van der Waals surface area contributed by atoms with Gasteiger partial charge in [0, 0.05) is 12.7 Å². The molecule has 1 N–H and O–H groups in total. The Hall–Kier alpha value is -1.88. The van der Waals surface area contributed by atoms with Crippen molar-refractivity contribution in [3.63, 3.8) is 0 Å². The summed E-state index contributed by atoms with van der Waals surface area (Å²) < 4.78 is 20.3. The number of hydrogen-bond donors (Lipinski definition) is 1. The number of rotatable bonds is 6. The number of hydrogen-bond acceptors (Lipinski definition) is 3. The largest absolute Gasteiger partial charge is 0.494 e. The topological polar surface area (TPSA) is 39.1 Å². The highest BCUT2D eigenvalue weighted by Gasteiger charge is 2.05. The van der Waals surface area contributed by atoms with Crippen LogP contribution in [-0.2, 0) is 13.1 Å². The van der Waals surface area contributed by atoms with Crippen LogP contribution in [0.1, 0.15) is 18.2 Å². The third-order valence-electron chi connectivity index (χ3n) is 2.81. The molecule has 5 heteroatoms. The van der Waals surface area contributed by atoms with Gasteiger partial charge in [0.15, 0.2) is 11.6 Å². The predicted octanol–water partition coefficient (Wildman–Crippen LogP) is 2.19. The van der Waals surface area contributed by atoms with Crippen LogP contribution in [0.2, 0.25) is 0 Å². The van der Waals surface area contributed by atoms with E-state index in [1.807, 2.05) is 18.3 Å². The number of aromatic nitrogens is 2. The molecule has 1 aromatic heterocycles. The Morgan fingerprint density at radius 1 is 1.37 bits per heavy atom. The standard InChI is InChI=1S/C14H18FN3O/c1-3-16-9-12-6-7-18(17-12)10-11-4-5-14(19-2)13(15)8-11/h4-8,16H,3,9-10H2,1-2H3. The maximum absolute atomic E-state index is 13.6. The normalized spacial score (nSPS) is 10.7. The summed E-state index contributed by atoms with van der Waals surface area (Å²) in [7, 11) is 1.46. The van der Waals surface area contributed by atoms with Crippen molar-refractivity contribution in [3.05, 3.63) is 47.5 Å². The Morgan fingerprint density at radius 2 is 2.21 bits per heavy atom. The van der Waals surface area contributed by atoms with Crippen LogP contribution < -0.4 is 10.1 Å². The number of nitrogens with zero attached hydrogens (tertiary/aromatic N) is 2. The van der Waals surface area contributed by atoms with Crippen LogP contribution in [0.4, 0.5) is 4.39 Å². The number of ether oxygens (including phenoxy) is 1. The van der Waals surface area contributed by atoms with Crippen LogP contribution in [0.25, 0.3) is 0 Å². The highest BCUT2D eigenvalue weighted by atomic mass is 19.1. The van der Waals surface area contributed by atoms with Crippen molar-refractivity contribution in [2.45, 2.75) is 20.0 Å². The van der Waals surface area contributed by atoms with E-state index in [0.29, 0.717) is 6.54 Å². The first-order valence-electron chi connectivity index (χ1n) is 6.28. The Labute approximate surface area is 112 Å². The first kappa shape index (κ1) is 13.5. The van der Waals surface area contributed by atoms with Gasteiger partial charge in [0.05, 0.1) is 19.3 Å². The molecule has 0 aliphatic heterocycles. The van der Waals surface area contributed by atoms with Crippen molar-refractivity contribution in [1.29, 1.82) is 0 Å². The molecule has 19 heavy (non-hydrogen) atoms. The fraction of sp³-hybridized carbons (Fsp3) is 0.357. The lowest BCUT2D eigenvalue weighted by molar-refractivity contribution is 0.386. The van der Waals surface area contributed by atoms with Gasteiger partial charge in [0.25, 0.3) is 0 Å². The smallest absolute Gasteiger partial charge is 0.165 e. The molecule has 0 spiro atoms. The number of benzene rings is 1. The molecular formula is C14H18FN3O. The summed E-state index contributed by atoms with van der Waals surface area (Å²) in [6.45, 7) is 4.27. The molecule has 1 aromatic carbocycles. The van der Waals surface area contributed by atoms with Crippen molar-refractivity contribution in [3.8, 4) is 5.75 Å². The van der Waals surface area contributed by atoms with E-state index in [1.165, 1.54) is 13.2 Å². The van der Waals surface area contributed by atoms with Gasteiger partial charge in [-0.15, -0.1) is 0 Å². The fourth-order valence-electron chi connectivity index (χ4n) is 1.83. The summed E-state index contributed by atoms with van der Waals surface area (Å²) in [6.07, 6.45) is 1.90. The molecule has 0 bridgehead atoms. The van der Waals surface area contributed by atoms with E-state index in [2.05, 4.69) is 17.3 Å². The van der Waals surface area contributed by atoms with E-state index in [9.17, 15) is 4.39 Å². The number of nitrogens with one attached hydrogen (secondary N) is 1. The molecule has 1 heterocycles. The molecular weight excluding hydrogens is 245 g/mol. The summed E-state index contributed by atoms with van der Waals surface area (Å²) in [4.78, 5) is 0. The van der Waals surface area contributed by atoms with Gasteiger partial charge in [-0.3, -0.25) is 4.68 Å². The monoisotopic (exact) mass is 263 g/mol. The lowest BCUT2D eigenvalue weighted by Crippen LogP contribution is -2.12. The molecule has 2 rings (SSSR count). The van der Waals surface area contributed by atoms with E-state index in [-0.39, 0.29) is 11.6 Å². The van der Waals surface area contributed by atoms with Gasteiger partial charge in [-0.2, -0.15) is 5.10 Å². The molecule has 2 aromatic rings. The Bertz CT molecular complexity index is 539. The van der Waals surface area contributed by atoms with E-state index in [1.54, 1.807) is 10.7 Å². The lowest BCUT2D eigenvalue weighted by atomic mass is 10.2. The van der Waals surface area contributed by atoms with E-state index in [0.717, 1.165) is 24.3 Å². The maximum atomic E-state index is 13.6. The van der Waals surface area contributed by atoms with Crippen LogP contribution in [0.5, 0.6) is 5.75 Å². The summed E-state index contributed by atoms with van der Waals surface area (Å²) >= 11 is 0. The lowest BCUT2D eigenvalue weighted by Gasteiger charge is -2.05. The molecule has 0 unspecified atom stereocenters. The fourth-order valence-corrected chi connectivity index (χ4v) is 1.83. The molecule has 0 aliphatic carbocycles. The van der Waals surface area contributed by atoms with Crippen LogP contribution in [-0.4, -0.2) is 23.4 Å². The minimum Gasteiger partial charge on any atom is -0.494 e. The van der Waals surface area contributed by atoms with Gasteiger partial charge in [-0.1, -0.05) is 13.0 Å². The number of halogens is 1. The van der Waals surface area contributed by atoms with E-state index >= 15 is 0 Å². The molecule has 0 atom stereocenters. The second-order valence-corrected chi connectivity index (χ2v) is 4.25. The summed E-state index contributed by atoms with van der Waals surface area (Å²) in [5.41, 5.74) is 1.84. The van der Waals surface area contributed by atoms with Crippen LogP contribution in [0.15, 0.2) is 30.5 Å². The molecule has 102 valence electrons. The van der Waals surface area contributed by atoms with E-state index < -0.39 is 0 Å². The predicted molar refractivity (Wildman–Crippen MR) is 71.7 cm³/mol. The molecule has 0 radical (unpaired) electrons. The highest BCUT2D eigenvalue weighted by molar-refractivity contribution is 5.29. The highest BCUT2D eigenvalue weighted by Crippen LogP contribution is 2.18. The minimum atomic E-state index is -0.347. The third-order valence-corrected chi connectivity index (χ3v) is 2.81. The van der Waals surface area contributed by atoms with Gasteiger partial charge in [0.1, 0.15) is 0 Å². The molecule has 0 aliphatic rings. The van der Waals surface area contributed by atoms with Gasteiger partial charge >= 0.3 is 0 Å². The second kappa shape index (κ2) is 6.33. The van der Waals surface area contributed by atoms with Gasteiger partial charge in [-0.25, -0.2) is 4.39 Å². The molecule has 0 fully saturated rings. The van der Waals surface area contributed by atoms with Crippen molar-refractivity contribution in [2.24, 2.45) is 0 Å². The Balaban J connectivity index is 2.04. The summed E-state index contributed by atoms with van der Waals surface area (Å²) in [5, 5.41) is 7.63. The summed E-state index contributed by atoms with van der Waals surface area (Å²) in [5.74, 6) is -0.0860. The third kappa shape index (κ3) is 3.54. The van der Waals surface area contributed by atoms with Gasteiger partial charge < -0.3 is 10.1 Å². The van der Waals surface area contributed by atoms with Crippen molar-refractivity contribution < 1.29 is 9.13 Å². The molecule has 0 saturated heterocycles. The zero-order valence-corrected chi connectivity index (χ0v) is 11.2. The van der Waals surface area contributed by atoms with Crippen LogP contribution in [0.3, 0.4) is 0 Å². The molecule has 0 amide bonds. The van der Waals surface area contributed by atoms with E-state index in [4.69, 9.17) is 4.74 Å². The minimum absolute atomic E-state index is 0.261. The zero-order valence-electron chi connectivity index (χ0n) is 11.2. The molecule has 0 saturated carbocycles. The average Bonchev–Trinajstić information content (AvgIpc) is 2.84. The Morgan fingerprint density at radius 3 is 2.89 bits per heavy atom. The summed E-state index contributed by atoms with van der Waals surface area (Å²) in [6, 6.07) is 6.91. The zero-order chi connectivity index (χ0) is 13.7. The number of methoxy groups -OCH3 is 1. The Kier molecular flexibility index (Phi) is 4.52. The maximum Gasteiger partial charge on any atom is 0.165 e. The quantitative estimate of drug-likeness (QED) is 0.868. The first-order chi connectivity index (χ1) is 9.22. The van der Waals surface area contributed by atoms with Crippen molar-refractivity contribution in [2.75, 3.05) is 13.7 Å². The van der Waals surface area contributed by atoms with Gasteiger partial charge in [0.2, 0.25) is 0 Å². The van der Waals surface area contributed by atoms with Crippen molar-refractivity contribution in [1.82, 2.24) is 15.1 Å². The van der Waals surface area contributed by atoms with Gasteiger partial charge in [-0.05, 0) is 30.3 Å². The SMILES string of the molecule is CCNCc1ccn(Cc2ccc(OC)c(F)c2)n1. The van der Waals surface area contributed by atoms with Crippen LogP contribution in [0, 0.1) is 5.82 Å². The van der Waals surface area contributed by atoms with Crippen molar-refractivity contribution >= 4 is 0 Å². The second-order valence-electron chi connectivity index (χ2n) is 4.25. The average molecular weight is 263 g/mol.